The van der Waals surface area contributed by atoms with Crippen LogP contribution in [0.1, 0.15) is 0 Å². The maximum atomic E-state index is 11.3. The molecule has 0 N–H and O–H groups in total. The van der Waals surface area contributed by atoms with Crippen LogP contribution >= 0.6 is 0 Å². The molecule has 2 rings (SSSR count). The SMILES string of the molecule is CS(=O)(=O)c1ccc(-c2nnco2)c([N+](=O)[O-])c1. The monoisotopic (exact) mass is 269 g/mol. The Labute approximate surface area is 101 Å². The summed E-state index contributed by atoms with van der Waals surface area (Å²) < 4.78 is 27.5. The molecule has 0 saturated heterocycles. The van der Waals surface area contributed by atoms with E-state index in [1.165, 1.54) is 12.1 Å². The average molecular weight is 269 g/mol. The lowest BCUT2D eigenvalue weighted by atomic mass is 10.2. The molecule has 0 aliphatic carbocycles. The van der Waals surface area contributed by atoms with Gasteiger partial charge in [0.2, 0.25) is 6.39 Å². The first kappa shape index (κ1) is 12.2. The van der Waals surface area contributed by atoms with Gasteiger partial charge in [0.1, 0.15) is 5.56 Å². The van der Waals surface area contributed by atoms with Crippen LogP contribution in [-0.2, 0) is 9.84 Å². The summed E-state index contributed by atoms with van der Waals surface area (Å²) in [7, 11) is -3.52. The van der Waals surface area contributed by atoms with E-state index >= 15 is 0 Å². The molecule has 9 heteroatoms. The second kappa shape index (κ2) is 4.18. The molecule has 18 heavy (non-hydrogen) atoms. The van der Waals surface area contributed by atoms with Crippen molar-refractivity contribution >= 4 is 15.5 Å². The molecule has 0 amide bonds. The summed E-state index contributed by atoms with van der Waals surface area (Å²) in [6.45, 7) is 0. The highest BCUT2D eigenvalue weighted by Crippen LogP contribution is 2.30. The molecule has 0 saturated carbocycles. The summed E-state index contributed by atoms with van der Waals surface area (Å²) in [5.41, 5.74) is -0.327. The Morgan fingerprint density at radius 3 is 2.61 bits per heavy atom. The third-order valence-corrected chi connectivity index (χ3v) is 3.29. The fourth-order valence-corrected chi connectivity index (χ4v) is 2.01. The van der Waals surface area contributed by atoms with Crippen LogP contribution in [0.3, 0.4) is 0 Å². The fourth-order valence-electron chi connectivity index (χ4n) is 1.36. The smallest absolute Gasteiger partial charge is 0.283 e. The zero-order chi connectivity index (χ0) is 13.3. The second-order valence-electron chi connectivity index (χ2n) is 3.45. The molecule has 0 unspecified atom stereocenters. The molecule has 0 aliphatic rings. The number of hydrogen-bond acceptors (Lipinski definition) is 7. The Morgan fingerprint density at radius 1 is 1.39 bits per heavy atom. The van der Waals surface area contributed by atoms with Gasteiger partial charge in [0.05, 0.1) is 9.82 Å². The van der Waals surface area contributed by atoms with Gasteiger partial charge in [0.15, 0.2) is 9.84 Å². The van der Waals surface area contributed by atoms with Crippen molar-refractivity contribution < 1.29 is 17.8 Å². The Hall–Kier alpha value is -2.29. The molecular formula is C9H7N3O5S. The van der Waals surface area contributed by atoms with Crippen molar-refractivity contribution in [3.05, 3.63) is 34.7 Å². The van der Waals surface area contributed by atoms with E-state index in [-0.39, 0.29) is 16.3 Å². The van der Waals surface area contributed by atoms with Crippen molar-refractivity contribution in [1.29, 1.82) is 0 Å². The summed E-state index contributed by atoms with van der Waals surface area (Å²) in [5, 5.41) is 17.9. The van der Waals surface area contributed by atoms with Gasteiger partial charge in [-0.1, -0.05) is 0 Å². The fraction of sp³-hybridized carbons (Fsp3) is 0.111. The Morgan fingerprint density at radius 2 is 2.11 bits per heavy atom. The van der Waals surface area contributed by atoms with Crippen molar-refractivity contribution in [2.24, 2.45) is 0 Å². The zero-order valence-corrected chi connectivity index (χ0v) is 9.92. The topological polar surface area (TPSA) is 116 Å². The summed E-state index contributed by atoms with van der Waals surface area (Å²) in [6, 6.07) is 3.48. The van der Waals surface area contributed by atoms with E-state index < -0.39 is 20.4 Å². The quantitative estimate of drug-likeness (QED) is 0.603. The van der Waals surface area contributed by atoms with Crippen molar-refractivity contribution in [2.45, 2.75) is 4.90 Å². The van der Waals surface area contributed by atoms with Gasteiger partial charge in [0.25, 0.3) is 11.6 Å². The lowest BCUT2D eigenvalue weighted by Gasteiger charge is -2.01. The number of nitro groups is 1. The van der Waals surface area contributed by atoms with Crippen LogP contribution in [-0.4, -0.2) is 29.8 Å². The predicted octanol–water partition coefficient (Wildman–Crippen LogP) is 1.05. The maximum absolute atomic E-state index is 11.3. The van der Waals surface area contributed by atoms with Crippen LogP contribution in [0.25, 0.3) is 11.5 Å². The molecular weight excluding hydrogens is 262 g/mol. The van der Waals surface area contributed by atoms with E-state index in [2.05, 4.69) is 10.2 Å². The van der Waals surface area contributed by atoms with E-state index in [0.29, 0.717) is 0 Å². The van der Waals surface area contributed by atoms with Crippen molar-refractivity contribution in [3.8, 4) is 11.5 Å². The van der Waals surface area contributed by atoms with E-state index in [4.69, 9.17) is 4.42 Å². The predicted molar refractivity (Wildman–Crippen MR) is 59.5 cm³/mol. The molecule has 94 valence electrons. The van der Waals surface area contributed by atoms with Crippen molar-refractivity contribution in [1.82, 2.24) is 10.2 Å². The molecule has 1 aromatic carbocycles. The molecule has 0 spiro atoms. The van der Waals surface area contributed by atoms with E-state index in [1.54, 1.807) is 0 Å². The van der Waals surface area contributed by atoms with Crippen molar-refractivity contribution in [3.63, 3.8) is 0 Å². The Bertz CT molecular complexity index is 693. The molecule has 0 aliphatic heterocycles. The summed E-state index contributed by atoms with van der Waals surface area (Å²) in [6.07, 6.45) is 2.00. The molecule has 2 aromatic rings. The minimum Gasteiger partial charge on any atom is -0.423 e. The van der Waals surface area contributed by atoms with Crippen LogP contribution in [0.15, 0.2) is 33.9 Å². The van der Waals surface area contributed by atoms with Crippen LogP contribution in [0.5, 0.6) is 0 Å². The minimum absolute atomic E-state index is 0.0400. The average Bonchev–Trinajstić information content (AvgIpc) is 2.80. The van der Waals surface area contributed by atoms with Crippen LogP contribution in [0, 0.1) is 10.1 Å². The lowest BCUT2D eigenvalue weighted by molar-refractivity contribution is -0.384. The van der Waals surface area contributed by atoms with E-state index in [0.717, 1.165) is 18.7 Å². The summed E-state index contributed by atoms with van der Waals surface area (Å²) >= 11 is 0. The zero-order valence-electron chi connectivity index (χ0n) is 9.10. The number of hydrogen-bond donors (Lipinski definition) is 0. The summed E-state index contributed by atoms with van der Waals surface area (Å²) in [4.78, 5) is 10.1. The van der Waals surface area contributed by atoms with Crippen molar-refractivity contribution in [2.75, 3.05) is 6.26 Å². The summed E-state index contributed by atoms with van der Waals surface area (Å²) in [5.74, 6) is -0.0400. The first-order chi connectivity index (χ1) is 8.39. The van der Waals surface area contributed by atoms with Gasteiger partial charge in [-0.05, 0) is 12.1 Å². The largest absolute Gasteiger partial charge is 0.423 e. The molecule has 8 nitrogen and oxygen atoms in total. The lowest BCUT2D eigenvalue weighted by Crippen LogP contribution is -2.00. The molecule has 0 fully saturated rings. The maximum Gasteiger partial charge on any atom is 0.283 e. The minimum atomic E-state index is -3.52. The highest BCUT2D eigenvalue weighted by atomic mass is 32.2. The molecule has 0 atom stereocenters. The first-order valence-electron chi connectivity index (χ1n) is 4.64. The van der Waals surface area contributed by atoms with Gasteiger partial charge in [-0.15, -0.1) is 10.2 Å². The standard InChI is InChI=1S/C9H7N3O5S/c1-18(15,16)6-2-3-7(8(4-6)12(13)14)9-11-10-5-17-9/h2-5H,1H3. The first-order valence-corrected chi connectivity index (χ1v) is 6.54. The molecule has 0 bridgehead atoms. The van der Waals surface area contributed by atoms with E-state index in [9.17, 15) is 18.5 Å². The van der Waals surface area contributed by atoms with Gasteiger partial charge >= 0.3 is 0 Å². The van der Waals surface area contributed by atoms with Crippen LogP contribution < -0.4 is 0 Å². The van der Waals surface area contributed by atoms with Gasteiger partial charge in [-0.25, -0.2) is 8.42 Å². The Balaban J connectivity index is 2.67. The molecule has 1 aromatic heterocycles. The van der Waals surface area contributed by atoms with Gasteiger partial charge < -0.3 is 4.42 Å². The van der Waals surface area contributed by atoms with Crippen LogP contribution in [0.4, 0.5) is 5.69 Å². The number of rotatable bonds is 3. The number of nitrogens with zero attached hydrogens (tertiary/aromatic N) is 3. The molecule has 0 radical (unpaired) electrons. The number of sulfone groups is 1. The van der Waals surface area contributed by atoms with Gasteiger partial charge in [-0.3, -0.25) is 10.1 Å². The third kappa shape index (κ3) is 2.20. The normalized spacial score (nSPS) is 11.4. The van der Waals surface area contributed by atoms with Gasteiger partial charge in [0, 0.05) is 12.3 Å². The number of benzene rings is 1. The van der Waals surface area contributed by atoms with Crippen LogP contribution in [0.2, 0.25) is 0 Å². The van der Waals surface area contributed by atoms with E-state index in [1.807, 2.05) is 0 Å². The highest BCUT2D eigenvalue weighted by molar-refractivity contribution is 7.90. The molecule has 1 heterocycles. The highest BCUT2D eigenvalue weighted by Gasteiger charge is 2.22. The second-order valence-corrected chi connectivity index (χ2v) is 5.47. The Kier molecular flexibility index (Phi) is 2.83. The van der Waals surface area contributed by atoms with Gasteiger partial charge in [-0.2, -0.15) is 0 Å². The number of nitro benzene ring substituents is 1. The number of aromatic nitrogens is 2. The third-order valence-electron chi connectivity index (χ3n) is 2.18.